The van der Waals surface area contributed by atoms with Crippen molar-refractivity contribution in [1.29, 1.82) is 0 Å². The predicted molar refractivity (Wildman–Crippen MR) is 80.4 cm³/mol. The molecule has 1 aromatic heterocycles. The molecule has 0 aliphatic rings. The molecule has 19 heavy (non-hydrogen) atoms. The van der Waals surface area contributed by atoms with Crippen LogP contribution >= 0.6 is 11.8 Å². The molecule has 0 saturated heterocycles. The predicted octanol–water partition coefficient (Wildman–Crippen LogP) is 3.23. The lowest BCUT2D eigenvalue weighted by Gasteiger charge is -2.17. The molecule has 0 aliphatic heterocycles. The third kappa shape index (κ3) is 4.04. The van der Waals surface area contributed by atoms with Gasteiger partial charge in [0.15, 0.2) is 0 Å². The molecule has 0 radical (unpaired) electrons. The zero-order valence-corrected chi connectivity index (χ0v) is 12.2. The van der Waals surface area contributed by atoms with Crippen molar-refractivity contribution in [1.82, 2.24) is 15.3 Å². The van der Waals surface area contributed by atoms with Gasteiger partial charge in [0, 0.05) is 34.6 Å². The Morgan fingerprint density at radius 2 is 1.95 bits per heavy atom. The van der Waals surface area contributed by atoms with Crippen LogP contribution in [0.3, 0.4) is 0 Å². The number of nitrogens with zero attached hydrogens (tertiary/aromatic N) is 2. The molecule has 0 fully saturated rings. The highest BCUT2D eigenvalue weighted by atomic mass is 32.2. The van der Waals surface area contributed by atoms with E-state index < -0.39 is 0 Å². The standard InChI is InChI=1S/C15H19N3S/c1-3-18-14(13-8-16-11-17-9-13)10-19-15-7-5-4-6-12(15)2/h4-9,11,14,18H,3,10H2,1-2H3. The normalized spacial score (nSPS) is 12.3. The first kappa shape index (κ1) is 14.0. The summed E-state index contributed by atoms with van der Waals surface area (Å²) in [4.78, 5) is 9.54. The van der Waals surface area contributed by atoms with Gasteiger partial charge < -0.3 is 5.32 Å². The van der Waals surface area contributed by atoms with Crippen molar-refractivity contribution in [3.63, 3.8) is 0 Å². The summed E-state index contributed by atoms with van der Waals surface area (Å²) < 4.78 is 0. The van der Waals surface area contributed by atoms with Crippen LogP contribution in [-0.4, -0.2) is 22.3 Å². The minimum atomic E-state index is 0.288. The van der Waals surface area contributed by atoms with Crippen molar-refractivity contribution in [2.45, 2.75) is 24.8 Å². The smallest absolute Gasteiger partial charge is 0.115 e. The third-order valence-electron chi connectivity index (χ3n) is 2.93. The second-order valence-corrected chi connectivity index (χ2v) is 5.42. The van der Waals surface area contributed by atoms with Crippen LogP contribution in [0.5, 0.6) is 0 Å². The molecule has 1 heterocycles. The molecule has 1 atom stereocenters. The summed E-state index contributed by atoms with van der Waals surface area (Å²) >= 11 is 1.87. The highest BCUT2D eigenvalue weighted by molar-refractivity contribution is 7.99. The van der Waals surface area contributed by atoms with Crippen LogP contribution in [0.15, 0.2) is 47.9 Å². The quantitative estimate of drug-likeness (QED) is 0.820. The molecule has 0 saturated carbocycles. The summed E-state index contributed by atoms with van der Waals surface area (Å²) in [7, 11) is 0. The van der Waals surface area contributed by atoms with Crippen LogP contribution in [0.1, 0.15) is 24.1 Å². The van der Waals surface area contributed by atoms with E-state index in [2.05, 4.69) is 53.4 Å². The maximum Gasteiger partial charge on any atom is 0.115 e. The lowest BCUT2D eigenvalue weighted by Crippen LogP contribution is -2.23. The van der Waals surface area contributed by atoms with Gasteiger partial charge in [-0.3, -0.25) is 0 Å². The molecule has 0 amide bonds. The molecule has 0 spiro atoms. The minimum absolute atomic E-state index is 0.288. The highest BCUT2D eigenvalue weighted by Crippen LogP contribution is 2.26. The van der Waals surface area contributed by atoms with Crippen LogP contribution in [0.2, 0.25) is 0 Å². The summed E-state index contributed by atoms with van der Waals surface area (Å²) in [5.41, 5.74) is 2.47. The Kier molecular flexibility index (Phi) is 5.36. The maximum absolute atomic E-state index is 4.10. The van der Waals surface area contributed by atoms with E-state index in [4.69, 9.17) is 0 Å². The Morgan fingerprint density at radius 1 is 1.21 bits per heavy atom. The second-order valence-electron chi connectivity index (χ2n) is 4.36. The first-order chi connectivity index (χ1) is 9.31. The number of aromatic nitrogens is 2. The molecule has 100 valence electrons. The van der Waals surface area contributed by atoms with Gasteiger partial charge in [0.05, 0.1) is 0 Å². The van der Waals surface area contributed by atoms with Gasteiger partial charge >= 0.3 is 0 Å². The molecule has 0 bridgehead atoms. The van der Waals surface area contributed by atoms with E-state index in [0.717, 1.165) is 17.9 Å². The Hall–Kier alpha value is -1.39. The molecule has 3 nitrogen and oxygen atoms in total. The van der Waals surface area contributed by atoms with Gasteiger partial charge in [0.25, 0.3) is 0 Å². The molecular formula is C15H19N3S. The van der Waals surface area contributed by atoms with Crippen LogP contribution in [0.25, 0.3) is 0 Å². The Balaban J connectivity index is 2.04. The number of aryl methyl sites for hydroxylation is 1. The van der Waals surface area contributed by atoms with Crippen molar-refractivity contribution in [2.75, 3.05) is 12.3 Å². The zero-order chi connectivity index (χ0) is 13.5. The number of thioether (sulfide) groups is 1. The monoisotopic (exact) mass is 273 g/mol. The van der Waals surface area contributed by atoms with Crippen molar-refractivity contribution >= 4 is 11.8 Å². The van der Waals surface area contributed by atoms with E-state index in [1.807, 2.05) is 24.2 Å². The Morgan fingerprint density at radius 3 is 2.63 bits per heavy atom. The average Bonchev–Trinajstić information content (AvgIpc) is 2.46. The number of nitrogens with one attached hydrogen (secondary N) is 1. The third-order valence-corrected chi connectivity index (χ3v) is 4.20. The molecule has 1 aromatic carbocycles. The van der Waals surface area contributed by atoms with Gasteiger partial charge in [-0.1, -0.05) is 25.1 Å². The largest absolute Gasteiger partial charge is 0.309 e. The van der Waals surface area contributed by atoms with Crippen LogP contribution in [0.4, 0.5) is 0 Å². The summed E-state index contributed by atoms with van der Waals surface area (Å²) in [6.07, 6.45) is 5.35. The number of hydrogen-bond acceptors (Lipinski definition) is 4. The fraction of sp³-hybridized carbons (Fsp3) is 0.333. The molecule has 2 aromatic rings. The van der Waals surface area contributed by atoms with E-state index in [-0.39, 0.29) is 6.04 Å². The SMILES string of the molecule is CCNC(CSc1ccccc1C)c1cncnc1. The average molecular weight is 273 g/mol. The minimum Gasteiger partial charge on any atom is -0.309 e. The van der Waals surface area contributed by atoms with E-state index >= 15 is 0 Å². The molecule has 0 aliphatic carbocycles. The van der Waals surface area contributed by atoms with E-state index in [1.165, 1.54) is 10.5 Å². The van der Waals surface area contributed by atoms with Gasteiger partial charge in [-0.15, -0.1) is 11.8 Å². The van der Waals surface area contributed by atoms with E-state index in [0.29, 0.717) is 0 Å². The van der Waals surface area contributed by atoms with Gasteiger partial charge in [-0.2, -0.15) is 0 Å². The van der Waals surface area contributed by atoms with E-state index in [1.54, 1.807) is 6.33 Å². The fourth-order valence-electron chi connectivity index (χ4n) is 1.90. The van der Waals surface area contributed by atoms with Crippen LogP contribution in [-0.2, 0) is 0 Å². The highest BCUT2D eigenvalue weighted by Gasteiger charge is 2.11. The lowest BCUT2D eigenvalue weighted by atomic mass is 10.2. The van der Waals surface area contributed by atoms with Crippen LogP contribution < -0.4 is 5.32 Å². The second kappa shape index (κ2) is 7.26. The zero-order valence-electron chi connectivity index (χ0n) is 11.3. The molecule has 1 unspecified atom stereocenters. The molecular weight excluding hydrogens is 254 g/mol. The Bertz CT molecular complexity index is 502. The van der Waals surface area contributed by atoms with Gasteiger partial charge in [-0.25, -0.2) is 9.97 Å². The topological polar surface area (TPSA) is 37.8 Å². The lowest BCUT2D eigenvalue weighted by molar-refractivity contribution is 0.601. The molecule has 1 N–H and O–H groups in total. The van der Waals surface area contributed by atoms with Gasteiger partial charge in [-0.05, 0) is 25.1 Å². The number of rotatable bonds is 6. The van der Waals surface area contributed by atoms with Crippen molar-refractivity contribution in [3.05, 3.63) is 54.1 Å². The van der Waals surface area contributed by atoms with Crippen LogP contribution in [0, 0.1) is 6.92 Å². The summed E-state index contributed by atoms with van der Waals surface area (Å²) in [5, 5.41) is 3.49. The van der Waals surface area contributed by atoms with Crippen molar-refractivity contribution < 1.29 is 0 Å². The number of benzene rings is 1. The fourth-order valence-corrected chi connectivity index (χ4v) is 3.03. The van der Waals surface area contributed by atoms with Crippen molar-refractivity contribution in [3.8, 4) is 0 Å². The first-order valence-electron chi connectivity index (χ1n) is 6.48. The summed E-state index contributed by atoms with van der Waals surface area (Å²) in [6.45, 7) is 5.21. The first-order valence-corrected chi connectivity index (χ1v) is 7.46. The summed E-state index contributed by atoms with van der Waals surface area (Å²) in [6, 6.07) is 8.77. The van der Waals surface area contributed by atoms with Gasteiger partial charge in [0.2, 0.25) is 0 Å². The van der Waals surface area contributed by atoms with Crippen molar-refractivity contribution in [2.24, 2.45) is 0 Å². The number of hydrogen-bond donors (Lipinski definition) is 1. The molecule has 4 heteroatoms. The Labute approximate surface area is 118 Å². The maximum atomic E-state index is 4.10. The van der Waals surface area contributed by atoms with E-state index in [9.17, 15) is 0 Å². The molecule has 2 rings (SSSR count). The summed E-state index contributed by atoms with van der Waals surface area (Å²) in [5.74, 6) is 0.978. The van der Waals surface area contributed by atoms with Gasteiger partial charge in [0.1, 0.15) is 6.33 Å².